The molecule has 0 radical (unpaired) electrons. The second kappa shape index (κ2) is 3.35. The van der Waals surface area contributed by atoms with E-state index in [1.54, 1.807) is 0 Å². The Morgan fingerprint density at radius 3 is 2.90 bits per heavy atom. The van der Waals surface area contributed by atoms with Gasteiger partial charge in [0.15, 0.2) is 0 Å². The summed E-state index contributed by atoms with van der Waals surface area (Å²) in [6.45, 7) is 8.42. The monoisotopic (exact) mass is 143 g/mol. The van der Waals surface area contributed by atoms with Crippen molar-refractivity contribution in [2.75, 3.05) is 26.3 Å². The summed E-state index contributed by atoms with van der Waals surface area (Å²) in [5.41, 5.74) is 0.368. The molecule has 1 rings (SSSR count). The van der Waals surface area contributed by atoms with Crippen LogP contribution in [0.4, 0.5) is 0 Å². The second-order valence-electron chi connectivity index (χ2n) is 3.72. The number of rotatable bonds is 0. The van der Waals surface area contributed by atoms with Gasteiger partial charge in [0.2, 0.25) is 0 Å². The Balaban J connectivity index is 2.30. The zero-order valence-corrected chi connectivity index (χ0v) is 6.94. The molecule has 0 unspecified atom stereocenters. The van der Waals surface area contributed by atoms with Crippen molar-refractivity contribution in [1.82, 2.24) is 5.32 Å². The Labute approximate surface area is 63.0 Å². The molecule has 1 heterocycles. The van der Waals surface area contributed by atoms with Crippen LogP contribution >= 0.6 is 0 Å². The number of hydrogen-bond acceptors (Lipinski definition) is 2. The SMILES string of the molecule is CC1(C)CCNCCOC1. The predicted molar refractivity (Wildman–Crippen MR) is 42.1 cm³/mol. The Morgan fingerprint density at radius 2 is 2.10 bits per heavy atom. The van der Waals surface area contributed by atoms with Crippen molar-refractivity contribution in [2.45, 2.75) is 20.3 Å². The first-order valence-electron chi connectivity index (χ1n) is 3.99. The summed E-state index contributed by atoms with van der Waals surface area (Å²) in [6.07, 6.45) is 1.22. The van der Waals surface area contributed by atoms with Crippen LogP contribution < -0.4 is 5.32 Å². The fraction of sp³-hybridized carbons (Fsp3) is 1.00. The minimum absolute atomic E-state index is 0.368. The van der Waals surface area contributed by atoms with Crippen LogP contribution in [0.3, 0.4) is 0 Å². The van der Waals surface area contributed by atoms with Crippen molar-refractivity contribution >= 4 is 0 Å². The molecule has 1 N–H and O–H groups in total. The molecule has 0 atom stereocenters. The molecule has 0 aromatic carbocycles. The predicted octanol–water partition coefficient (Wildman–Crippen LogP) is 1.02. The summed E-state index contributed by atoms with van der Waals surface area (Å²) in [7, 11) is 0. The van der Waals surface area contributed by atoms with E-state index in [9.17, 15) is 0 Å². The fourth-order valence-electron chi connectivity index (χ4n) is 1.12. The van der Waals surface area contributed by atoms with Gasteiger partial charge in [0.25, 0.3) is 0 Å². The molecule has 10 heavy (non-hydrogen) atoms. The molecule has 60 valence electrons. The Hall–Kier alpha value is -0.0800. The Bertz CT molecular complexity index is 91.4. The lowest BCUT2D eigenvalue weighted by Crippen LogP contribution is -2.32. The van der Waals surface area contributed by atoms with E-state index in [0.29, 0.717) is 5.41 Å². The molecule has 0 spiro atoms. The first-order valence-corrected chi connectivity index (χ1v) is 3.99. The van der Waals surface area contributed by atoms with Gasteiger partial charge in [-0.25, -0.2) is 0 Å². The lowest BCUT2D eigenvalue weighted by atomic mass is 9.90. The first-order chi connectivity index (χ1) is 4.71. The molecule has 0 bridgehead atoms. The Morgan fingerprint density at radius 1 is 1.30 bits per heavy atom. The minimum atomic E-state index is 0.368. The van der Waals surface area contributed by atoms with Gasteiger partial charge in [0.05, 0.1) is 13.2 Å². The zero-order chi connectivity index (χ0) is 7.45. The van der Waals surface area contributed by atoms with Crippen LogP contribution in [0.25, 0.3) is 0 Å². The van der Waals surface area contributed by atoms with Crippen LogP contribution in [0.15, 0.2) is 0 Å². The van der Waals surface area contributed by atoms with E-state index < -0.39 is 0 Å². The highest BCUT2D eigenvalue weighted by Crippen LogP contribution is 2.20. The highest BCUT2D eigenvalue weighted by atomic mass is 16.5. The third kappa shape index (κ3) is 2.67. The molecule has 1 saturated heterocycles. The van der Waals surface area contributed by atoms with Crippen molar-refractivity contribution in [2.24, 2.45) is 5.41 Å². The summed E-state index contributed by atoms with van der Waals surface area (Å²) in [4.78, 5) is 0. The van der Waals surface area contributed by atoms with Gasteiger partial charge in [-0.2, -0.15) is 0 Å². The van der Waals surface area contributed by atoms with E-state index in [2.05, 4.69) is 19.2 Å². The number of hydrogen-bond donors (Lipinski definition) is 1. The van der Waals surface area contributed by atoms with E-state index in [4.69, 9.17) is 4.74 Å². The van der Waals surface area contributed by atoms with Gasteiger partial charge in [-0.05, 0) is 18.4 Å². The van der Waals surface area contributed by atoms with Crippen LogP contribution in [0.2, 0.25) is 0 Å². The summed E-state index contributed by atoms with van der Waals surface area (Å²) >= 11 is 0. The van der Waals surface area contributed by atoms with Crippen molar-refractivity contribution in [1.29, 1.82) is 0 Å². The molecule has 1 fully saturated rings. The smallest absolute Gasteiger partial charge is 0.0591 e. The van der Waals surface area contributed by atoms with Crippen molar-refractivity contribution in [3.8, 4) is 0 Å². The van der Waals surface area contributed by atoms with Gasteiger partial charge in [-0.1, -0.05) is 13.8 Å². The highest BCUT2D eigenvalue weighted by Gasteiger charge is 2.18. The van der Waals surface area contributed by atoms with Gasteiger partial charge in [-0.15, -0.1) is 0 Å². The molecule has 0 aliphatic carbocycles. The summed E-state index contributed by atoms with van der Waals surface area (Å²) in [5, 5.41) is 3.32. The zero-order valence-electron chi connectivity index (χ0n) is 6.94. The largest absolute Gasteiger partial charge is 0.380 e. The average molecular weight is 143 g/mol. The van der Waals surface area contributed by atoms with Gasteiger partial charge < -0.3 is 10.1 Å². The molecule has 1 aliphatic rings. The van der Waals surface area contributed by atoms with Crippen LogP contribution in [0, 0.1) is 5.41 Å². The maximum absolute atomic E-state index is 5.43. The third-order valence-corrected chi connectivity index (χ3v) is 1.89. The number of ether oxygens (including phenoxy) is 1. The molecular formula is C8H17NO. The third-order valence-electron chi connectivity index (χ3n) is 1.89. The van der Waals surface area contributed by atoms with Crippen LogP contribution in [-0.2, 0) is 4.74 Å². The van der Waals surface area contributed by atoms with Crippen molar-refractivity contribution in [3.05, 3.63) is 0 Å². The van der Waals surface area contributed by atoms with Crippen molar-refractivity contribution in [3.63, 3.8) is 0 Å². The molecule has 0 saturated carbocycles. The van der Waals surface area contributed by atoms with E-state index >= 15 is 0 Å². The Kier molecular flexibility index (Phi) is 2.69. The van der Waals surface area contributed by atoms with E-state index in [1.165, 1.54) is 6.42 Å². The standard InChI is InChI=1S/C8H17NO/c1-8(2)3-4-9-5-6-10-7-8/h9H,3-7H2,1-2H3. The van der Waals surface area contributed by atoms with Crippen LogP contribution in [0.5, 0.6) is 0 Å². The van der Waals surface area contributed by atoms with Crippen LogP contribution in [-0.4, -0.2) is 26.3 Å². The molecule has 2 heteroatoms. The maximum atomic E-state index is 5.43. The van der Waals surface area contributed by atoms with Crippen LogP contribution in [0.1, 0.15) is 20.3 Å². The van der Waals surface area contributed by atoms with E-state index in [1.807, 2.05) is 0 Å². The molecule has 0 aromatic rings. The second-order valence-corrected chi connectivity index (χ2v) is 3.72. The number of nitrogens with one attached hydrogen (secondary N) is 1. The molecule has 0 amide bonds. The quantitative estimate of drug-likeness (QED) is 0.546. The lowest BCUT2D eigenvalue weighted by molar-refractivity contribution is 0.0482. The topological polar surface area (TPSA) is 21.3 Å². The maximum Gasteiger partial charge on any atom is 0.0591 e. The van der Waals surface area contributed by atoms with E-state index in [0.717, 1.165) is 26.3 Å². The van der Waals surface area contributed by atoms with Gasteiger partial charge >= 0.3 is 0 Å². The average Bonchev–Trinajstić information content (AvgIpc) is 1.81. The van der Waals surface area contributed by atoms with E-state index in [-0.39, 0.29) is 0 Å². The lowest BCUT2D eigenvalue weighted by Gasteiger charge is -2.26. The summed E-state index contributed by atoms with van der Waals surface area (Å²) < 4.78 is 5.43. The minimum Gasteiger partial charge on any atom is -0.380 e. The van der Waals surface area contributed by atoms with Gasteiger partial charge in [-0.3, -0.25) is 0 Å². The molecule has 1 aliphatic heterocycles. The normalized spacial score (nSPS) is 27.0. The highest BCUT2D eigenvalue weighted by molar-refractivity contribution is 4.70. The summed E-state index contributed by atoms with van der Waals surface area (Å²) in [5.74, 6) is 0. The van der Waals surface area contributed by atoms with Gasteiger partial charge in [0, 0.05) is 6.54 Å². The molecule has 2 nitrogen and oxygen atoms in total. The first kappa shape index (κ1) is 8.02. The molecule has 0 aromatic heterocycles. The fourth-order valence-corrected chi connectivity index (χ4v) is 1.12. The summed E-state index contributed by atoms with van der Waals surface area (Å²) in [6, 6.07) is 0. The van der Waals surface area contributed by atoms with Crippen molar-refractivity contribution < 1.29 is 4.74 Å². The molecular weight excluding hydrogens is 126 g/mol. The van der Waals surface area contributed by atoms with Gasteiger partial charge in [0.1, 0.15) is 0 Å².